The molecule has 1 aromatic carbocycles. The van der Waals surface area contributed by atoms with Crippen molar-refractivity contribution < 1.29 is 52.9 Å². The molecule has 68 heavy (non-hydrogen) atoms. The number of benzene rings is 1. The molecule has 382 valence electrons. The Morgan fingerprint density at radius 2 is 1.49 bits per heavy atom. The number of carbonyl (C=O) groups is 8. The number of likely N-dealkylation sites (tertiary alicyclic amines) is 2. The first-order valence-electron chi connectivity index (χ1n) is 25.2. The minimum absolute atomic E-state index is 0.0437. The third-order valence-corrected chi connectivity index (χ3v) is 14.9. The van der Waals surface area contributed by atoms with Crippen LogP contribution in [0, 0.1) is 41.4 Å². The van der Waals surface area contributed by atoms with E-state index in [4.69, 9.17) is 9.47 Å². The lowest BCUT2D eigenvalue weighted by Gasteiger charge is -2.41. The maximum Gasteiger partial charge on any atom is 0.307 e. The average Bonchev–Trinajstić information content (AvgIpc) is 3.90. The molecule has 1 aromatic rings. The van der Waals surface area contributed by atoms with Gasteiger partial charge in [-0.2, -0.15) is 0 Å². The lowest BCUT2D eigenvalue weighted by atomic mass is 9.83. The molecule has 15 nitrogen and oxygen atoms in total. The second-order valence-corrected chi connectivity index (χ2v) is 20.2. The van der Waals surface area contributed by atoms with Gasteiger partial charge in [0.15, 0.2) is 5.78 Å². The van der Waals surface area contributed by atoms with Gasteiger partial charge in [-0.25, -0.2) is 0 Å². The van der Waals surface area contributed by atoms with Gasteiger partial charge >= 0.3 is 5.97 Å². The van der Waals surface area contributed by atoms with E-state index < -0.39 is 54.1 Å². The van der Waals surface area contributed by atoms with Crippen LogP contribution in [0.2, 0.25) is 0 Å². The number of hydrogen-bond acceptors (Lipinski definition) is 10. The maximum absolute atomic E-state index is 14.7. The number of unbranched alkanes of at least 4 members (excludes halogenated alkanes) is 2. The van der Waals surface area contributed by atoms with Gasteiger partial charge in [-0.05, 0) is 61.8 Å². The van der Waals surface area contributed by atoms with Gasteiger partial charge in [0.25, 0.3) is 0 Å². The summed E-state index contributed by atoms with van der Waals surface area (Å²) in [5.74, 6) is -5.47. The molecule has 2 fully saturated rings. The van der Waals surface area contributed by atoms with Crippen molar-refractivity contribution in [3.05, 3.63) is 35.9 Å². The molecule has 15 heteroatoms. The Balaban J connectivity index is 1.70. The fourth-order valence-corrected chi connectivity index (χ4v) is 10.5. The summed E-state index contributed by atoms with van der Waals surface area (Å²) in [6.07, 6.45) is 3.43. The van der Waals surface area contributed by atoms with Crippen LogP contribution in [0.4, 0.5) is 0 Å². The van der Waals surface area contributed by atoms with Crippen LogP contribution in [-0.2, 0) is 54.3 Å². The van der Waals surface area contributed by atoms with E-state index in [0.717, 1.165) is 5.56 Å². The Hall–Kier alpha value is -4.50. The third-order valence-electron chi connectivity index (χ3n) is 14.9. The van der Waals surface area contributed by atoms with Crippen molar-refractivity contribution in [1.82, 2.24) is 19.6 Å². The van der Waals surface area contributed by atoms with E-state index in [-0.39, 0.29) is 103 Å². The number of Topliss-reactive ketones (excluding diaryl/α,β-unsaturated/α-hetero) is 2. The molecule has 3 rings (SSSR count). The number of carbonyl (C=O) groups excluding carboxylic acids is 7. The maximum atomic E-state index is 14.7. The molecule has 0 bridgehead atoms. The Morgan fingerprint density at radius 1 is 0.824 bits per heavy atom. The normalized spacial score (nSPS) is 19.9. The van der Waals surface area contributed by atoms with Gasteiger partial charge in [-0.15, -0.1) is 0 Å². The summed E-state index contributed by atoms with van der Waals surface area (Å²) in [4.78, 5) is 114. The van der Waals surface area contributed by atoms with E-state index in [2.05, 4.69) is 0 Å². The minimum Gasteiger partial charge on any atom is -0.481 e. The molecule has 2 saturated heterocycles. The molecule has 10 atom stereocenters. The van der Waals surface area contributed by atoms with Crippen molar-refractivity contribution in [3.63, 3.8) is 0 Å². The minimum atomic E-state index is -1.05. The number of nitrogens with zero attached hydrogens (tertiary/aromatic N) is 4. The van der Waals surface area contributed by atoms with Crippen LogP contribution >= 0.6 is 0 Å². The fraction of sp³-hybridized carbons (Fsp3) is 0.736. The molecule has 0 aromatic heterocycles. The highest BCUT2D eigenvalue weighted by Gasteiger charge is 2.44. The first-order valence-corrected chi connectivity index (χ1v) is 25.2. The van der Waals surface area contributed by atoms with E-state index in [0.29, 0.717) is 58.0 Å². The predicted molar refractivity (Wildman–Crippen MR) is 260 cm³/mol. The SMILES string of the molecule is CCC1CC(=O)N(CCCCCC(=O)N(C)[C@H](C(=O)C[C@H](C(=O)N(C)[C@@H]([C@@H](C)CC)[C@@H](CC(=O)N2CCC[C@H]2[C@H](OC)[C@@H](C)C(=O)C[C@@H](Cc2ccccc2)C(=O)O)OC)C(C)C)C(C)C)C1=O. The van der Waals surface area contributed by atoms with E-state index in [1.165, 1.54) is 24.0 Å². The number of aliphatic carboxylic acids is 1. The van der Waals surface area contributed by atoms with Crippen LogP contribution in [0.25, 0.3) is 0 Å². The van der Waals surface area contributed by atoms with Gasteiger partial charge in [0.05, 0.1) is 42.7 Å². The molecule has 0 saturated carbocycles. The molecule has 0 radical (unpaired) electrons. The largest absolute Gasteiger partial charge is 0.481 e. The Labute approximate surface area is 406 Å². The van der Waals surface area contributed by atoms with Gasteiger partial charge in [-0.3, -0.25) is 43.3 Å². The number of ketones is 2. The highest BCUT2D eigenvalue weighted by Crippen LogP contribution is 2.32. The average molecular weight is 953 g/mol. The van der Waals surface area contributed by atoms with Crippen LogP contribution in [0.3, 0.4) is 0 Å². The van der Waals surface area contributed by atoms with Gasteiger partial charge in [0, 0.05) is 84.8 Å². The van der Waals surface area contributed by atoms with Crippen molar-refractivity contribution in [2.45, 2.75) is 169 Å². The van der Waals surface area contributed by atoms with Crippen LogP contribution in [0.5, 0.6) is 0 Å². The zero-order valence-electron chi connectivity index (χ0n) is 43.2. The summed E-state index contributed by atoms with van der Waals surface area (Å²) in [5.41, 5.74) is 0.830. The molecule has 2 aliphatic heterocycles. The van der Waals surface area contributed by atoms with Crippen molar-refractivity contribution >= 4 is 47.1 Å². The smallest absolute Gasteiger partial charge is 0.307 e. The van der Waals surface area contributed by atoms with Crippen molar-refractivity contribution in [2.24, 2.45) is 41.4 Å². The zero-order valence-corrected chi connectivity index (χ0v) is 43.2. The molecular weight excluding hydrogens is 869 g/mol. The predicted octanol–water partition coefficient (Wildman–Crippen LogP) is 6.87. The van der Waals surface area contributed by atoms with Crippen molar-refractivity contribution in [3.8, 4) is 0 Å². The van der Waals surface area contributed by atoms with Gasteiger partial charge in [-0.1, -0.05) is 98.6 Å². The molecule has 0 aliphatic carbocycles. The van der Waals surface area contributed by atoms with Crippen molar-refractivity contribution in [1.29, 1.82) is 0 Å². The number of methoxy groups -OCH3 is 2. The number of likely N-dealkylation sites (N-methyl/N-ethyl adjacent to an activating group) is 2. The lowest BCUT2D eigenvalue weighted by molar-refractivity contribution is -0.150. The van der Waals surface area contributed by atoms with Crippen LogP contribution in [0.15, 0.2) is 30.3 Å². The van der Waals surface area contributed by atoms with E-state index in [1.807, 2.05) is 78.8 Å². The number of ether oxygens (including phenoxy) is 2. The summed E-state index contributed by atoms with van der Waals surface area (Å²) in [6.45, 7) is 16.0. The standard InChI is InChI=1S/C53H84N4O11/c1-13-35(7)49(44(67-11)32-47(62)56-27-21-24-41(56)50(68-12)36(8)42(58)29-39(53(65)66)28-37-22-17-15-18-23-37)55(10)52(64)40(33(3)4)31-43(59)48(34(5)6)54(9)45(60)25-19-16-20-26-57-46(61)30-38(14-2)51(57)63/h15,17-18,22-23,33-36,38-41,44,48-50H,13-14,16,19-21,24-32H2,1-12H3,(H,65,66)/t35-,36-,38?,39+,40-,41-,44+,48-,49-,50+/m0/s1. The van der Waals surface area contributed by atoms with E-state index in [9.17, 15) is 43.5 Å². The van der Waals surface area contributed by atoms with Gasteiger partial charge in [0.1, 0.15) is 5.78 Å². The second-order valence-electron chi connectivity index (χ2n) is 20.2. The van der Waals surface area contributed by atoms with Gasteiger partial charge < -0.3 is 29.3 Å². The summed E-state index contributed by atoms with van der Waals surface area (Å²) >= 11 is 0. The first kappa shape index (κ1) is 57.8. The lowest BCUT2D eigenvalue weighted by Crippen LogP contribution is -2.54. The first-order chi connectivity index (χ1) is 32.1. The number of carboxylic acid groups (broad SMARTS) is 1. The van der Waals surface area contributed by atoms with Crippen molar-refractivity contribution in [2.75, 3.05) is 41.4 Å². The second kappa shape index (κ2) is 27.6. The highest BCUT2D eigenvalue weighted by molar-refractivity contribution is 6.03. The summed E-state index contributed by atoms with van der Waals surface area (Å²) in [5, 5.41) is 10.0. The Morgan fingerprint density at radius 3 is 2.03 bits per heavy atom. The third kappa shape index (κ3) is 15.2. The quantitative estimate of drug-likeness (QED) is 0.0626. The van der Waals surface area contributed by atoms with Crippen LogP contribution in [0.1, 0.15) is 138 Å². The topological polar surface area (TPSA) is 188 Å². The highest BCUT2D eigenvalue weighted by atomic mass is 16.5. The molecule has 5 amide bonds. The Kier molecular flexibility index (Phi) is 23.5. The molecular formula is C53H84N4O11. The molecule has 2 heterocycles. The van der Waals surface area contributed by atoms with Crippen LogP contribution < -0.4 is 0 Å². The van der Waals surface area contributed by atoms with Crippen LogP contribution in [-0.4, -0.2) is 144 Å². The number of carboxylic acids is 1. The van der Waals surface area contributed by atoms with E-state index in [1.54, 1.807) is 30.8 Å². The molecule has 1 unspecified atom stereocenters. The Bertz CT molecular complexity index is 1860. The number of amides is 5. The number of imide groups is 1. The fourth-order valence-electron chi connectivity index (χ4n) is 10.5. The summed E-state index contributed by atoms with van der Waals surface area (Å²) in [6, 6.07) is 7.50. The summed E-state index contributed by atoms with van der Waals surface area (Å²) in [7, 11) is 6.38. The molecule has 2 aliphatic rings. The number of rotatable bonds is 30. The number of hydrogen-bond donors (Lipinski definition) is 1. The molecule has 1 N–H and O–H groups in total. The van der Waals surface area contributed by atoms with E-state index >= 15 is 0 Å². The summed E-state index contributed by atoms with van der Waals surface area (Å²) < 4.78 is 12.0. The zero-order chi connectivity index (χ0) is 51.0. The molecule has 0 spiro atoms. The van der Waals surface area contributed by atoms with Gasteiger partial charge in [0.2, 0.25) is 29.5 Å². The monoisotopic (exact) mass is 953 g/mol.